The molecule has 8 nitrogen and oxygen atoms in total. The van der Waals surface area contributed by atoms with Gasteiger partial charge in [-0.2, -0.15) is 0 Å². The van der Waals surface area contributed by atoms with Gasteiger partial charge in [-0.3, -0.25) is 14.8 Å². The monoisotopic (exact) mass is 525 g/mol. The first-order chi connectivity index (χ1) is 18.9. The quantitative estimate of drug-likeness (QED) is 0.172. The first kappa shape index (κ1) is 25.9. The number of nitrogens with zero attached hydrogens (tertiary/aromatic N) is 2. The third-order valence-electron chi connectivity index (χ3n) is 6.37. The van der Waals surface area contributed by atoms with Crippen molar-refractivity contribution >= 4 is 11.8 Å². The van der Waals surface area contributed by atoms with Gasteiger partial charge in [0.25, 0.3) is 23.7 Å². The van der Waals surface area contributed by atoms with Crippen LogP contribution in [0.1, 0.15) is 57.5 Å². The molecule has 3 aromatic carbocycles. The second-order valence-electron chi connectivity index (χ2n) is 9.54. The molecule has 1 atom stereocenters. The average Bonchev–Trinajstić information content (AvgIpc) is 3.20. The molecule has 0 spiro atoms. The molecular weight excluding hydrogens is 496 g/mol. The lowest BCUT2D eigenvalue weighted by Crippen LogP contribution is -2.41. The number of rotatable bonds is 10. The summed E-state index contributed by atoms with van der Waals surface area (Å²) in [4.78, 5) is 31.9. The van der Waals surface area contributed by atoms with E-state index in [4.69, 9.17) is 14.3 Å². The predicted octanol–water partition coefficient (Wildman–Crippen LogP) is 5.29. The van der Waals surface area contributed by atoms with Crippen LogP contribution in [0.25, 0.3) is 0 Å². The van der Waals surface area contributed by atoms with Crippen molar-refractivity contribution in [1.29, 1.82) is 0 Å². The van der Waals surface area contributed by atoms with Gasteiger partial charge in [-0.1, -0.05) is 86.6 Å². The Bertz CT molecular complexity index is 1440. The van der Waals surface area contributed by atoms with Gasteiger partial charge in [0.05, 0.1) is 17.2 Å². The van der Waals surface area contributed by atoms with E-state index >= 15 is 0 Å². The van der Waals surface area contributed by atoms with E-state index in [0.717, 1.165) is 20.9 Å². The Balaban J connectivity index is 1.45. The largest absolute Gasteiger partial charge is 0.485 e. The predicted molar refractivity (Wildman–Crippen MR) is 141 cm³/mol. The van der Waals surface area contributed by atoms with Crippen molar-refractivity contribution in [1.82, 2.24) is 5.06 Å². The number of aromatic nitrogens is 1. The average molecular weight is 526 g/mol. The maximum absolute atomic E-state index is 12.9. The van der Waals surface area contributed by atoms with E-state index in [0.29, 0.717) is 11.5 Å². The van der Waals surface area contributed by atoms with Crippen LogP contribution in [0, 0.1) is 5.92 Å². The van der Waals surface area contributed by atoms with Crippen molar-refractivity contribution in [2.45, 2.75) is 33.2 Å². The first-order valence-electron chi connectivity index (χ1n) is 12.7. The molecule has 198 valence electrons. The van der Waals surface area contributed by atoms with Gasteiger partial charge in [-0.25, -0.2) is 4.84 Å². The molecule has 0 aliphatic carbocycles. The van der Waals surface area contributed by atoms with Crippen molar-refractivity contribution in [2.24, 2.45) is 5.92 Å². The molecule has 0 radical (unpaired) electrons. The molecular formula is C31H29N2O6+. The highest BCUT2D eigenvalue weighted by Crippen LogP contribution is 2.35. The molecule has 5 rings (SSSR count). The zero-order chi connectivity index (χ0) is 27.4. The summed E-state index contributed by atoms with van der Waals surface area (Å²) in [5, 5.41) is 11.8. The number of hydrogen-bond donors (Lipinski definition) is 1. The van der Waals surface area contributed by atoms with Crippen molar-refractivity contribution < 1.29 is 33.8 Å². The minimum atomic E-state index is -0.862. The summed E-state index contributed by atoms with van der Waals surface area (Å²) in [7, 11) is 0. The fourth-order valence-corrected chi connectivity index (χ4v) is 4.32. The lowest BCUT2D eigenvalue weighted by atomic mass is 10.0. The van der Waals surface area contributed by atoms with Gasteiger partial charge in [-0.05, 0) is 29.2 Å². The van der Waals surface area contributed by atoms with Gasteiger partial charge in [-0.15, -0.1) is 5.06 Å². The number of imide groups is 1. The van der Waals surface area contributed by atoms with Crippen LogP contribution < -0.4 is 14.2 Å². The van der Waals surface area contributed by atoms with E-state index < -0.39 is 17.9 Å². The van der Waals surface area contributed by atoms with Gasteiger partial charge in [0.15, 0.2) is 11.9 Å². The molecule has 0 fully saturated rings. The van der Waals surface area contributed by atoms with Crippen LogP contribution in [0.3, 0.4) is 0 Å². The molecule has 8 heteroatoms. The Hall–Kier alpha value is -4.69. The van der Waals surface area contributed by atoms with Crippen LogP contribution in [0.5, 0.6) is 11.5 Å². The zero-order valence-electron chi connectivity index (χ0n) is 21.7. The summed E-state index contributed by atoms with van der Waals surface area (Å²) in [6.45, 7) is 4.27. The van der Waals surface area contributed by atoms with Crippen molar-refractivity contribution in [3.05, 3.63) is 125 Å². The molecule has 0 bridgehead atoms. The van der Waals surface area contributed by atoms with Crippen LogP contribution in [0.15, 0.2) is 97.2 Å². The second kappa shape index (κ2) is 11.4. The third-order valence-corrected chi connectivity index (χ3v) is 6.37. The first-order valence-corrected chi connectivity index (χ1v) is 12.7. The SMILES string of the molecule is CC(C)C(ON1C(=O)c2ccccc2C1=O)c1cc(OCc2ccccc2)c(OCc2ccccc2)c[n+]1O. The maximum atomic E-state index is 12.9. The molecule has 0 saturated heterocycles. The van der Waals surface area contributed by atoms with Crippen molar-refractivity contribution in [3.63, 3.8) is 0 Å². The molecule has 4 aromatic rings. The van der Waals surface area contributed by atoms with Crippen LogP contribution in [-0.2, 0) is 18.1 Å². The minimum Gasteiger partial charge on any atom is -0.485 e. The molecule has 0 saturated carbocycles. The van der Waals surface area contributed by atoms with E-state index in [1.165, 1.54) is 6.20 Å². The zero-order valence-corrected chi connectivity index (χ0v) is 21.7. The van der Waals surface area contributed by atoms with Gasteiger partial charge in [0, 0.05) is 4.73 Å². The Morgan fingerprint density at radius 2 is 1.23 bits per heavy atom. The number of pyridine rings is 1. The highest BCUT2D eigenvalue weighted by atomic mass is 16.7. The topological polar surface area (TPSA) is 89.2 Å². The summed E-state index contributed by atoms with van der Waals surface area (Å²) in [5.74, 6) is -0.620. The Morgan fingerprint density at radius 3 is 1.74 bits per heavy atom. The maximum Gasteiger partial charge on any atom is 0.285 e. The van der Waals surface area contributed by atoms with Gasteiger partial charge < -0.3 is 9.47 Å². The smallest absolute Gasteiger partial charge is 0.285 e. The fraction of sp³-hybridized carbons (Fsp3) is 0.194. The molecule has 1 N–H and O–H groups in total. The molecule has 1 unspecified atom stereocenters. The lowest BCUT2D eigenvalue weighted by Gasteiger charge is -2.23. The van der Waals surface area contributed by atoms with Crippen molar-refractivity contribution in [3.8, 4) is 11.5 Å². The van der Waals surface area contributed by atoms with E-state index in [1.54, 1.807) is 30.3 Å². The summed E-state index contributed by atoms with van der Waals surface area (Å²) in [6.07, 6.45) is 0.541. The van der Waals surface area contributed by atoms with Gasteiger partial charge >= 0.3 is 0 Å². The van der Waals surface area contributed by atoms with Crippen molar-refractivity contribution in [2.75, 3.05) is 0 Å². The lowest BCUT2D eigenvalue weighted by molar-refractivity contribution is -0.912. The van der Waals surface area contributed by atoms with E-state index in [2.05, 4.69) is 0 Å². The Morgan fingerprint density at radius 1 is 0.744 bits per heavy atom. The highest BCUT2D eigenvalue weighted by Gasteiger charge is 2.41. The van der Waals surface area contributed by atoms with Crippen LogP contribution in [-0.4, -0.2) is 22.1 Å². The van der Waals surface area contributed by atoms with Crippen LogP contribution in [0.2, 0.25) is 0 Å². The van der Waals surface area contributed by atoms with E-state index in [9.17, 15) is 14.8 Å². The highest BCUT2D eigenvalue weighted by molar-refractivity contribution is 6.20. The number of ether oxygens (including phenoxy) is 2. The molecule has 1 aliphatic rings. The third kappa shape index (κ3) is 5.61. The number of carbonyl (C=O) groups excluding carboxylic acids is 2. The van der Waals surface area contributed by atoms with E-state index in [-0.39, 0.29) is 36.0 Å². The molecule has 39 heavy (non-hydrogen) atoms. The van der Waals surface area contributed by atoms with Gasteiger partial charge in [0.2, 0.25) is 5.75 Å². The number of hydrogen-bond acceptors (Lipinski definition) is 6. The summed E-state index contributed by atoms with van der Waals surface area (Å²) < 4.78 is 13.1. The Kier molecular flexibility index (Phi) is 7.56. The number of amides is 2. The fourth-order valence-electron chi connectivity index (χ4n) is 4.32. The van der Waals surface area contributed by atoms with Crippen LogP contribution >= 0.6 is 0 Å². The van der Waals surface area contributed by atoms with E-state index in [1.807, 2.05) is 74.5 Å². The normalized spacial score (nSPS) is 13.5. The summed E-state index contributed by atoms with van der Waals surface area (Å²) in [5.41, 5.74) is 2.75. The standard InChI is InChI=1S/C31H29N2O6/c1-21(2)29(39-33-30(34)24-15-9-10-16-25(24)31(33)35)26-17-27(37-19-22-11-5-3-6-12-22)28(18-32(26)36)38-20-23-13-7-4-8-14-23/h3-18,21,29,36H,19-20H2,1-2H3/q+1. The molecule has 1 aromatic heterocycles. The summed E-state index contributed by atoms with van der Waals surface area (Å²) in [6, 6.07) is 27.5. The number of hydroxylamine groups is 2. The summed E-state index contributed by atoms with van der Waals surface area (Å²) >= 11 is 0. The Labute approximate surface area is 226 Å². The molecule has 1 aliphatic heterocycles. The molecule has 2 heterocycles. The number of carbonyl (C=O) groups is 2. The second-order valence-corrected chi connectivity index (χ2v) is 9.54. The molecule has 2 amide bonds. The van der Waals surface area contributed by atoms with Gasteiger partial charge in [0.1, 0.15) is 13.2 Å². The minimum absolute atomic E-state index is 0.231. The number of fused-ring (bicyclic) bond motifs is 1. The van der Waals surface area contributed by atoms with Crippen LogP contribution in [0.4, 0.5) is 0 Å². The number of benzene rings is 3.